The highest BCUT2D eigenvalue weighted by Crippen LogP contribution is 2.34. The fourth-order valence-electron chi connectivity index (χ4n) is 2.67. The summed E-state index contributed by atoms with van der Waals surface area (Å²) in [6, 6.07) is 3.74. The van der Waals surface area contributed by atoms with Crippen LogP contribution in [0.4, 0.5) is 8.78 Å². The van der Waals surface area contributed by atoms with E-state index >= 15 is 0 Å². The van der Waals surface area contributed by atoms with Crippen molar-refractivity contribution < 1.29 is 8.78 Å². The third-order valence-electron chi connectivity index (χ3n) is 3.47. The maximum absolute atomic E-state index is 13.7. The first-order valence-electron chi connectivity index (χ1n) is 5.65. The molecule has 0 radical (unpaired) electrons. The van der Waals surface area contributed by atoms with Crippen LogP contribution in [-0.4, -0.2) is 25.0 Å². The summed E-state index contributed by atoms with van der Waals surface area (Å²) < 4.78 is 26.9. The van der Waals surface area contributed by atoms with Gasteiger partial charge in [-0.25, -0.2) is 8.78 Å². The smallest absolute Gasteiger partial charge is 0.127 e. The largest absolute Gasteiger partial charge is 0.305 e. The van der Waals surface area contributed by atoms with E-state index in [0.29, 0.717) is 5.56 Å². The summed E-state index contributed by atoms with van der Waals surface area (Å²) in [6.07, 6.45) is 1.95. The molecule has 1 heterocycles. The van der Waals surface area contributed by atoms with Crippen molar-refractivity contribution in [3.63, 3.8) is 0 Å². The second-order valence-corrected chi connectivity index (χ2v) is 5.03. The molecule has 0 amide bonds. The zero-order valence-corrected chi connectivity index (χ0v) is 9.76. The molecule has 1 nitrogen and oxygen atoms in total. The Morgan fingerprint density at radius 2 is 2.06 bits per heavy atom. The Balaban J connectivity index is 2.37. The summed E-state index contributed by atoms with van der Waals surface area (Å²) in [5.41, 5.74) is 0.248. The molecule has 0 N–H and O–H groups in total. The third kappa shape index (κ3) is 2.09. The van der Waals surface area contributed by atoms with Crippen LogP contribution in [0.25, 0.3) is 0 Å². The summed E-state index contributed by atoms with van der Waals surface area (Å²) in [7, 11) is 2.02. The van der Waals surface area contributed by atoms with Gasteiger partial charge < -0.3 is 4.90 Å². The van der Waals surface area contributed by atoms with Gasteiger partial charge in [0.2, 0.25) is 0 Å². The summed E-state index contributed by atoms with van der Waals surface area (Å²) in [4.78, 5) is 2.17. The number of hydrogen-bond acceptors (Lipinski definition) is 1. The predicted molar refractivity (Wildman–Crippen MR) is 60.4 cm³/mol. The molecule has 88 valence electrons. The molecule has 16 heavy (non-hydrogen) atoms. The van der Waals surface area contributed by atoms with Crippen molar-refractivity contribution in [1.82, 2.24) is 4.90 Å². The van der Waals surface area contributed by atoms with Crippen LogP contribution in [0.1, 0.15) is 25.3 Å². The van der Waals surface area contributed by atoms with Gasteiger partial charge in [0.1, 0.15) is 11.6 Å². The van der Waals surface area contributed by atoms with Crippen molar-refractivity contribution in [2.24, 2.45) is 0 Å². The molecule has 0 bridgehead atoms. The molecular formula is C13H17F2N. The van der Waals surface area contributed by atoms with Gasteiger partial charge in [-0.2, -0.15) is 0 Å². The molecule has 3 heteroatoms. The van der Waals surface area contributed by atoms with Crippen LogP contribution < -0.4 is 0 Å². The molecule has 2 rings (SSSR count). The predicted octanol–water partition coefficient (Wildman–Crippen LogP) is 2.95. The quantitative estimate of drug-likeness (QED) is 0.710. The van der Waals surface area contributed by atoms with Gasteiger partial charge in [0.05, 0.1) is 0 Å². The van der Waals surface area contributed by atoms with Crippen LogP contribution >= 0.6 is 0 Å². The Morgan fingerprint density at radius 1 is 1.31 bits per heavy atom. The Morgan fingerprint density at radius 3 is 2.75 bits per heavy atom. The summed E-state index contributed by atoms with van der Waals surface area (Å²) in [6.45, 7) is 3.83. The van der Waals surface area contributed by atoms with Crippen molar-refractivity contribution in [2.75, 3.05) is 20.1 Å². The number of piperidine rings is 1. The van der Waals surface area contributed by atoms with E-state index in [1.54, 1.807) is 0 Å². The Kier molecular flexibility index (Phi) is 2.98. The van der Waals surface area contributed by atoms with E-state index in [0.717, 1.165) is 25.9 Å². The normalized spacial score (nSPS) is 27.0. The van der Waals surface area contributed by atoms with Crippen LogP contribution in [-0.2, 0) is 5.41 Å². The number of likely N-dealkylation sites (tertiary alicyclic amines) is 1. The van der Waals surface area contributed by atoms with Crippen LogP contribution in [0.5, 0.6) is 0 Å². The molecule has 0 saturated carbocycles. The minimum absolute atomic E-state index is 0.265. The van der Waals surface area contributed by atoms with Gasteiger partial charge in [0.25, 0.3) is 0 Å². The molecule has 1 aromatic carbocycles. The van der Waals surface area contributed by atoms with E-state index in [2.05, 4.69) is 4.90 Å². The average Bonchev–Trinajstić information content (AvgIpc) is 2.21. The number of halogens is 2. The topological polar surface area (TPSA) is 3.24 Å². The molecular weight excluding hydrogens is 208 g/mol. The first-order chi connectivity index (χ1) is 7.51. The fourth-order valence-corrected chi connectivity index (χ4v) is 2.67. The van der Waals surface area contributed by atoms with Crippen molar-refractivity contribution in [3.05, 3.63) is 35.4 Å². The highest BCUT2D eigenvalue weighted by molar-refractivity contribution is 5.28. The summed E-state index contributed by atoms with van der Waals surface area (Å²) >= 11 is 0. The zero-order chi connectivity index (χ0) is 11.8. The molecule has 0 aromatic heterocycles. The number of benzene rings is 1. The van der Waals surface area contributed by atoms with Crippen LogP contribution in [0, 0.1) is 11.6 Å². The highest BCUT2D eigenvalue weighted by Gasteiger charge is 2.33. The molecule has 1 atom stereocenters. The maximum atomic E-state index is 13.7. The van der Waals surface area contributed by atoms with E-state index in [1.807, 2.05) is 14.0 Å². The Labute approximate surface area is 95.1 Å². The van der Waals surface area contributed by atoms with Crippen molar-refractivity contribution in [1.29, 1.82) is 0 Å². The lowest BCUT2D eigenvalue weighted by Gasteiger charge is -2.39. The molecule has 1 aliphatic rings. The van der Waals surface area contributed by atoms with E-state index in [1.165, 1.54) is 18.2 Å². The van der Waals surface area contributed by atoms with Gasteiger partial charge >= 0.3 is 0 Å². The summed E-state index contributed by atoms with van der Waals surface area (Å²) in [5, 5.41) is 0. The molecule has 1 saturated heterocycles. The van der Waals surface area contributed by atoms with Gasteiger partial charge in [-0.3, -0.25) is 0 Å². The maximum Gasteiger partial charge on any atom is 0.127 e. The zero-order valence-electron chi connectivity index (χ0n) is 9.76. The second-order valence-electron chi connectivity index (χ2n) is 5.03. The molecule has 1 aliphatic heterocycles. The minimum Gasteiger partial charge on any atom is -0.305 e. The average molecular weight is 225 g/mol. The molecule has 1 aromatic rings. The van der Waals surface area contributed by atoms with Crippen molar-refractivity contribution in [2.45, 2.75) is 25.2 Å². The Hall–Kier alpha value is -0.960. The Bertz CT molecular complexity index is 392. The third-order valence-corrected chi connectivity index (χ3v) is 3.47. The van der Waals surface area contributed by atoms with Crippen LogP contribution in [0.15, 0.2) is 18.2 Å². The number of rotatable bonds is 1. The molecule has 0 spiro atoms. The first kappa shape index (κ1) is 11.5. The lowest BCUT2D eigenvalue weighted by Crippen LogP contribution is -2.42. The van der Waals surface area contributed by atoms with Gasteiger partial charge in [0, 0.05) is 12.0 Å². The van der Waals surface area contributed by atoms with E-state index in [-0.39, 0.29) is 17.0 Å². The van der Waals surface area contributed by atoms with Crippen molar-refractivity contribution in [3.8, 4) is 0 Å². The highest BCUT2D eigenvalue weighted by atomic mass is 19.1. The lowest BCUT2D eigenvalue weighted by molar-refractivity contribution is 0.184. The lowest BCUT2D eigenvalue weighted by atomic mass is 9.76. The van der Waals surface area contributed by atoms with E-state index in [9.17, 15) is 8.78 Å². The number of nitrogens with zero attached hydrogens (tertiary/aromatic N) is 1. The number of hydrogen-bond donors (Lipinski definition) is 0. The van der Waals surface area contributed by atoms with E-state index < -0.39 is 0 Å². The fraction of sp³-hybridized carbons (Fsp3) is 0.538. The van der Waals surface area contributed by atoms with Crippen molar-refractivity contribution >= 4 is 0 Å². The summed E-state index contributed by atoms with van der Waals surface area (Å²) in [5.74, 6) is -0.648. The van der Waals surface area contributed by atoms with Gasteiger partial charge in [-0.05, 0) is 50.2 Å². The monoisotopic (exact) mass is 225 g/mol. The first-order valence-corrected chi connectivity index (χ1v) is 5.65. The van der Waals surface area contributed by atoms with Gasteiger partial charge in [-0.15, -0.1) is 0 Å². The van der Waals surface area contributed by atoms with Gasteiger partial charge in [-0.1, -0.05) is 6.92 Å². The minimum atomic E-state index is -0.356. The van der Waals surface area contributed by atoms with Crippen LogP contribution in [0.2, 0.25) is 0 Å². The van der Waals surface area contributed by atoms with E-state index in [4.69, 9.17) is 0 Å². The standard InChI is InChI=1S/C13H17F2N/c1-13(6-3-7-16(2)9-13)11-8-10(14)4-5-12(11)15/h4-5,8H,3,6-7,9H2,1-2H3/t13-/m1/s1. The van der Waals surface area contributed by atoms with Crippen LogP contribution in [0.3, 0.4) is 0 Å². The van der Waals surface area contributed by atoms with Gasteiger partial charge in [0.15, 0.2) is 0 Å². The molecule has 0 unspecified atom stereocenters. The second kappa shape index (κ2) is 4.13. The SMILES string of the molecule is CN1CCC[C@@](C)(c2cc(F)ccc2F)C1. The molecule has 0 aliphatic carbocycles. The molecule has 1 fully saturated rings. The number of likely N-dealkylation sites (N-methyl/N-ethyl adjacent to an activating group) is 1.